The van der Waals surface area contributed by atoms with Crippen molar-refractivity contribution in [3.63, 3.8) is 0 Å². The minimum Gasteiger partial charge on any atom is -0.497 e. The van der Waals surface area contributed by atoms with Gasteiger partial charge >= 0.3 is 6.03 Å². The van der Waals surface area contributed by atoms with Crippen LogP contribution in [0.4, 0.5) is 10.5 Å². The van der Waals surface area contributed by atoms with Crippen molar-refractivity contribution in [1.29, 1.82) is 0 Å². The van der Waals surface area contributed by atoms with Crippen LogP contribution in [0.25, 0.3) is 0 Å². The number of nitrogens with zero attached hydrogens (tertiary/aromatic N) is 1. The monoisotopic (exact) mass is 455 g/mol. The molecule has 2 N–H and O–H groups in total. The van der Waals surface area contributed by atoms with Crippen molar-refractivity contribution in [2.24, 2.45) is 4.99 Å². The van der Waals surface area contributed by atoms with Crippen LogP contribution in [0, 0.1) is 0 Å². The number of aliphatic imine (C=N–C) groups is 1. The Morgan fingerprint density at radius 1 is 1.06 bits per heavy atom. The topological polar surface area (TPSA) is 62.7 Å². The summed E-state index contributed by atoms with van der Waals surface area (Å²) in [5.41, 5.74) is 4.25. The van der Waals surface area contributed by atoms with Gasteiger partial charge in [0.25, 0.3) is 0 Å². The van der Waals surface area contributed by atoms with E-state index >= 15 is 0 Å². The summed E-state index contributed by atoms with van der Waals surface area (Å²) in [6.07, 6.45) is 4.85. The van der Waals surface area contributed by atoms with Crippen LogP contribution in [0.5, 0.6) is 5.75 Å². The van der Waals surface area contributed by atoms with Crippen molar-refractivity contribution >= 4 is 29.7 Å². The van der Waals surface area contributed by atoms with Crippen LogP contribution >= 0.6 is 11.8 Å². The average molecular weight is 456 g/mol. The Kier molecular flexibility index (Phi) is 10.6. The van der Waals surface area contributed by atoms with Gasteiger partial charge in [-0.15, -0.1) is 0 Å². The summed E-state index contributed by atoms with van der Waals surface area (Å²) < 4.78 is 5.21. The molecule has 0 aliphatic heterocycles. The smallest absolute Gasteiger partial charge is 0.319 e. The van der Waals surface area contributed by atoms with E-state index in [0.29, 0.717) is 18.4 Å². The van der Waals surface area contributed by atoms with E-state index < -0.39 is 0 Å². The normalized spacial score (nSPS) is 12.4. The van der Waals surface area contributed by atoms with Crippen molar-refractivity contribution in [1.82, 2.24) is 5.32 Å². The summed E-state index contributed by atoms with van der Waals surface area (Å²) in [5, 5.41) is 6.15. The highest BCUT2D eigenvalue weighted by atomic mass is 32.2. The molecule has 2 aromatic carbocycles. The van der Waals surface area contributed by atoms with Gasteiger partial charge < -0.3 is 15.4 Å². The zero-order valence-corrected chi connectivity index (χ0v) is 21.0. The average Bonchev–Trinajstić information content (AvgIpc) is 2.78. The molecule has 0 fully saturated rings. The summed E-state index contributed by atoms with van der Waals surface area (Å²) in [6.45, 7) is 9.08. The van der Waals surface area contributed by atoms with E-state index in [1.54, 1.807) is 18.9 Å². The molecule has 6 heteroatoms. The fraction of sp³-hybridized carbons (Fsp3) is 0.462. The molecule has 0 saturated carbocycles. The molecule has 0 saturated heterocycles. The molecule has 0 radical (unpaired) electrons. The lowest BCUT2D eigenvalue weighted by molar-refractivity contribution is 0.251. The molecule has 5 nitrogen and oxygen atoms in total. The number of para-hydroxylation sites is 1. The van der Waals surface area contributed by atoms with Gasteiger partial charge in [0.15, 0.2) is 0 Å². The van der Waals surface area contributed by atoms with E-state index in [4.69, 9.17) is 9.73 Å². The van der Waals surface area contributed by atoms with Crippen LogP contribution in [0.15, 0.2) is 47.5 Å². The Morgan fingerprint density at radius 3 is 2.22 bits per heavy atom. The molecular weight excluding hydrogens is 418 g/mol. The second-order valence-electron chi connectivity index (χ2n) is 8.44. The van der Waals surface area contributed by atoms with E-state index in [9.17, 15) is 4.79 Å². The van der Waals surface area contributed by atoms with E-state index in [2.05, 4.69) is 62.8 Å². The fourth-order valence-corrected chi connectivity index (χ4v) is 3.94. The van der Waals surface area contributed by atoms with Crippen LogP contribution in [0.3, 0.4) is 0 Å². The summed E-state index contributed by atoms with van der Waals surface area (Å²) in [6, 6.07) is 13.9. The predicted molar refractivity (Wildman–Crippen MR) is 139 cm³/mol. The standard InChI is InChI=1S/C26H37N3O2S/c1-18(2)23-8-7-9-24(19(3)4)25(23)29-26(30)28-17-21(14-15-32-6)27-16-20-10-12-22(31-5)13-11-20/h7-13,16,18-19,21H,14-15,17H2,1-6H3,(H2,28,29,30)/t21-/m0/s1. The Labute approximate surface area is 197 Å². The molecule has 2 amide bonds. The molecule has 0 aliphatic rings. The SMILES string of the molecule is COc1ccc(C=N[C@@H](CCSC)CNC(=O)Nc2c(C(C)C)cccc2C(C)C)cc1. The highest BCUT2D eigenvalue weighted by molar-refractivity contribution is 7.98. The molecule has 174 valence electrons. The van der Waals surface area contributed by atoms with E-state index in [1.165, 1.54) is 0 Å². The number of urea groups is 1. The maximum Gasteiger partial charge on any atom is 0.319 e. The number of rotatable bonds is 11. The van der Waals surface area contributed by atoms with Gasteiger partial charge in [0, 0.05) is 18.4 Å². The van der Waals surface area contributed by atoms with Gasteiger partial charge in [0.05, 0.1) is 13.2 Å². The van der Waals surface area contributed by atoms with Gasteiger partial charge in [-0.1, -0.05) is 45.9 Å². The first kappa shape index (κ1) is 25.8. The molecule has 0 bridgehead atoms. The lowest BCUT2D eigenvalue weighted by Crippen LogP contribution is -2.35. The minimum absolute atomic E-state index is 0.0141. The van der Waals surface area contributed by atoms with Gasteiger partial charge in [-0.3, -0.25) is 4.99 Å². The Morgan fingerprint density at radius 2 is 1.69 bits per heavy atom. The number of methoxy groups -OCH3 is 1. The van der Waals surface area contributed by atoms with E-state index in [-0.39, 0.29) is 12.1 Å². The molecule has 0 aliphatic carbocycles. The zero-order valence-electron chi connectivity index (χ0n) is 20.1. The Hall–Kier alpha value is -2.47. The summed E-state index contributed by atoms with van der Waals surface area (Å²) in [5.74, 6) is 2.46. The summed E-state index contributed by atoms with van der Waals surface area (Å²) in [4.78, 5) is 17.5. The second-order valence-corrected chi connectivity index (χ2v) is 9.43. The first-order chi connectivity index (χ1) is 15.3. The number of carbonyl (C=O) groups is 1. The van der Waals surface area contributed by atoms with Crippen LogP contribution in [-0.2, 0) is 0 Å². The second kappa shape index (κ2) is 13.2. The molecule has 0 unspecified atom stereocenters. The molecular formula is C26H37N3O2S. The third kappa shape index (κ3) is 7.90. The fourth-order valence-electron chi connectivity index (χ4n) is 3.43. The number of hydrogen-bond donors (Lipinski definition) is 2. The lowest BCUT2D eigenvalue weighted by atomic mass is 9.93. The van der Waals surface area contributed by atoms with E-state index in [1.807, 2.05) is 30.5 Å². The predicted octanol–water partition coefficient (Wildman–Crippen LogP) is 6.30. The molecule has 32 heavy (non-hydrogen) atoms. The molecule has 2 rings (SSSR count). The summed E-state index contributed by atoms with van der Waals surface area (Å²) in [7, 11) is 1.65. The van der Waals surface area contributed by atoms with Crippen molar-refractivity contribution in [2.45, 2.75) is 52.0 Å². The first-order valence-electron chi connectivity index (χ1n) is 11.2. The van der Waals surface area contributed by atoms with Gasteiger partial charge in [-0.2, -0.15) is 11.8 Å². The number of nitrogens with one attached hydrogen (secondary N) is 2. The molecule has 1 atom stereocenters. The quantitative estimate of drug-likeness (QED) is 0.391. The van der Waals surface area contributed by atoms with E-state index in [0.717, 1.165) is 40.3 Å². The van der Waals surface area contributed by atoms with Crippen LogP contribution < -0.4 is 15.4 Å². The number of anilines is 1. The van der Waals surface area contributed by atoms with Crippen molar-refractivity contribution in [3.8, 4) is 5.75 Å². The zero-order chi connectivity index (χ0) is 23.5. The number of amides is 2. The minimum atomic E-state index is -0.186. The van der Waals surface area contributed by atoms with Crippen molar-refractivity contribution in [2.75, 3.05) is 31.0 Å². The van der Waals surface area contributed by atoms with Crippen molar-refractivity contribution < 1.29 is 9.53 Å². The molecule has 0 spiro atoms. The summed E-state index contributed by atoms with van der Waals surface area (Å²) >= 11 is 1.78. The van der Waals surface area contributed by atoms with Crippen LogP contribution in [0.1, 0.15) is 62.6 Å². The third-order valence-electron chi connectivity index (χ3n) is 5.32. The van der Waals surface area contributed by atoms with Gasteiger partial charge in [-0.05, 0) is 71.2 Å². The number of hydrogen-bond acceptors (Lipinski definition) is 4. The molecule has 0 aromatic heterocycles. The van der Waals surface area contributed by atoms with Crippen molar-refractivity contribution in [3.05, 3.63) is 59.2 Å². The van der Waals surface area contributed by atoms with Crippen LogP contribution in [-0.4, -0.2) is 44.0 Å². The van der Waals surface area contributed by atoms with Gasteiger partial charge in [-0.25, -0.2) is 4.79 Å². The highest BCUT2D eigenvalue weighted by Gasteiger charge is 2.16. The van der Waals surface area contributed by atoms with Gasteiger partial charge in [0.2, 0.25) is 0 Å². The first-order valence-corrected chi connectivity index (χ1v) is 12.6. The van der Waals surface area contributed by atoms with Crippen LogP contribution in [0.2, 0.25) is 0 Å². The number of ether oxygens (including phenoxy) is 1. The Balaban J connectivity index is 2.06. The highest BCUT2D eigenvalue weighted by Crippen LogP contribution is 2.32. The molecule has 0 heterocycles. The Bertz CT molecular complexity index is 853. The number of thioether (sulfide) groups is 1. The molecule has 2 aromatic rings. The lowest BCUT2D eigenvalue weighted by Gasteiger charge is -2.21. The number of benzene rings is 2. The number of carbonyl (C=O) groups excluding carboxylic acids is 1. The largest absolute Gasteiger partial charge is 0.497 e. The van der Waals surface area contributed by atoms with Gasteiger partial charge in [0.1, 0.15) is 5.75 Å². The maximum absolute atomic E-state index is 12.8. The third-order valence-corrected chi connectivity index (χ3v) is 5.96. The maximum atomic E-state index is 12.8.